The Morgan fingerprint density at radius 2 is 1.59 bits per heavy atom. The molecule has 236 valence electrons. The molecule has 2 aromatic carbocycles. The number of nitrogens with one attached hydrogen (secondary N) is 2. The number of rotatable bonds is 7. The van der Waals surface area contributed by atoms with Crippen molar-refractivity contribution in [1.82, 2.24) is 19.6 Å². The number of carbonyl (C=O) groups excluding carboxylic acids is 3. The molecule has 0 aromatic heterocycles. The van der Waals surface area contributed by atoms with Gasteiger partial charge in [0.1, 0.15) is 6.04 Å². The fourth-order valence-corrected chi connectivity index (χ4v) is 7.42. The van der Waals surface area contributed by atoms with Crippen LogP contribution in [0.4, 0.5) is 21.9 Å². The monoisotopic (exact) mass is 621 g/mol. The molecule has 0 spiro atoms. The van der Waals surface area contributed by atoms with Gasteiger partial charge >= 0.3 is 6.03 Å². The first-order chi connectivity index (χ1) is 21.4. The van der Waals surface area contributed by atoms with Gasteiger partial charge in [0.25, 0.3) is 0 Å². The van der Waals surface area contributed by atoms with Crippen molar-refractivity contribution in [3.05, 3.63) is 53.1 Å². The summed E-state index contributed by atoms with van der Waals surface area (Å²) < 4.78 is 0. The number of anilines is 3. The van der Waals surface area contributed by atoms with Crippen LogP contribution < -0.4 is 16.4 Å². The smallest absolute Gasteiger partial charge is 0.322 e. The van der Waals surface area contributed by atoms with Gasteiger partial charge in [-0.05, 0) is 81.4 Å². The lowest BCUT2D eigenvalue weighted by Crippen LogP contribution is -2.53. The summed E-state index contributed by atoms with van der Waals surface area (Å²) in [6, 6.07) is 12.7. The predicted octanol–water partition coefficient (Wildman–Crippen LogP) is 4.61. The van der Waals surface area contributed by atoms with Gasteiger partial charge in [-0.2, -0.15) is 0 Å². The zero-order valence-corrected chi connectivity index (χ0v) is 26.1. The Kier molecular flexibility index (Phi) is 9.47. The van der Waals surface area contributed by atoms with Crippen LogP contribution in [0.15, 0.2) is 42.5 Å². The maximum absolute atomic E-state index is 13.9. The lowest BCUT2D eigenvalue weighted by molar-refractivity contribution is -0.139. The van der Waals surface area contributed by atoms with Crippen molar-refractivity contribution in [2.75, 3.05) is 55.6 Å². The van der Waals surface area contributed by atoms with E-state index in [4.69, 9.17) is 17.3 Å². The van der Waals surface area contributed by atoms with Gasteiger partial charge in [0.15, 0.2) is 0 Å². The zero-order valence-electron chi connectivity index (χ0n) is 25.3. The van der Waals surface area contributed by atoms with Gasteiger partial charge in [-0.1, -0.05) is 36.2 Å². The standard InChI is InChI=1S/C33H44ClN7O3/c34-24-8-9-27(35)29(20-24)36-30(32(43)40-18-10-25(11-19-40)38-14-4-1-5-15-38)21-31(42)39-16-12-26(13-17-39)41-22-23-6-2-3-7-28(23)37-33(41)44/h2-3,6-9,20,25-26,30,36H,1,4-5,10-19,21-22,35H2,(H,37,44)/t30-/m0/s1. The Bertz CT molecular complexity index is 1350. The van der Waals surface area contributed by atoms with E-state index >= 15 is 0 Å². The highest BCUT2D eigenvalue weighted by molar-refractivity contribution is 6.31. The topological polar surface area (TPSA) is 114 Å². The van der Waals surface area contributed by atoms with Gasteiger partial charge in [0.2, 0.25) is 11.8 Å². The fourth-order valence-electron chi connectivity index (χ4n) is 7.24. The highest BCUT2D eigenvalue weighted by atomic mass is 35.5. The van der Waals surface area contributed by atoms with Crippen LogP contribution in [0.1, 0.15) is 56.9 Å². The van der Waals surface area contributed by atoms with Gasteiger partial charge in [-0.3, -0.25) is 9.59 Å². The molecular weight excluding hydrogens is 578 g/mol. The molecule has 2 aromatic rings. The molecule has 4 heterocycles. The second kappa shape index (κ2) is 13.6. The maximum Gasteiger partial charge on any atom is 0.322 e. The van der Waals surface area contributed by atoms with E-state index in [-0.39, 0.29) is 30.3 Å². The Balaban J connectivity index is 1.08. The van der Waals surface area contributed by atoms with Gasteiger partial charge in [-0.25, -0.2) is 4.79 Å². The highest BCUT2D eigenvalue weighted by Gasteiger charge is 2.36. The summed E-state index contributed by atoms with van der Waals surface area (Å²) in [5.41, 5.74) is 9.23. The molecule has 0 aliphatic carbocycles. The molecule has 10 nitrogen and oxygen atoms in total. The van der Waals surface area contributed by atoms with Crippen LogP contribution in [0.3, 0.4) is 0 Å². The van der Waals surface area contributed by atoms with Crippen LogP contribution in [0, 0.1) is 0 Å². The number of nitrogens with zero attached hydrogens (tertiary/aromatic N) is 4. The number of halogens is 1. The Hall–Kier alpha value is -3.50. The number of urea groups is 1. The van der Waals surface area contributed by atoms with E-state index in [9.17, 15) is 14.4 Å². The van der Waals surface area contributed by atoms with E-state index in [1.54, 1.807) is 18.2 Å². The number of piperidine rings is 3. The molecule has 3 fully saturated rings. The molecule has 4 aliphatic rings. The summed E-state index contributed by atoms with van der Waals surface area (Å²) in [5.74, 6) is -0.153. The van der Waals surface area contributed by atoms with Crippen molar-refractivity contribution in [2.45, 2.75) is 76.0 Å². The number of hydrogen-bond donors (Lipinski definition) is 3. The van der Waals surface area contributed by atoms with Crippen molar-refractivity contribution in [3.8, 4) is 0 Å². The van der Waals surface area contributed by atoms with E-state index < -0.39 is 6.04 Å². The van der Waals surface area contributed by atoms with E-state index in [1.807, 2.05) is 39.0 Å². The minimum atomic E-state index is -0.753. The zero-order chi connectivity index (χ0) is 30.6. The van der Waals surface area contributed by atoms with Crippen molar-refractivity contribution < 1.29 is 14.4 Å². The summed E-state index contributed by atoms with van der Waals surface area (Å²) in [7, 11) is 0. The van der Waals surface area contributed by atoms with Crippen LogP contribution in [0.5, 0.6) is 0 Å². The number of benzene rings is 2. The minimum Gasteiger partial charge on any atom is -0.397 e. The Morgan fingerprint density at radius 1 is 0.909 bits per heavy atom. The fraction of sp³-hybridized carbons (Fsp3) is 0.545. The Morgan fingerprint density at radius 3 is 2.34 bits per heavy atom. The molecule has 4 amide bonds. The van der Waals surface area contributed by atoms with Crippen LogP contribution in [0.2, 0.25) is 5.02 Å². The first-order valence-electron chi connectivity index (χ1n) is 16.1. The molecule has 6 rings (SSSR count). The summed E-state index contributed by atoms with van der Waals surface area (Å²) >= 11 is 6.26. The molecule has 3 saturated heterocycles. The SMILES string of the molecule is Nc1ccc(Cl)cc1N[C@@H](CC(=O)N1CCC(N2Cc3ccccc3NC2=O)CC1)C(=O)N1CCC(N2CCCCC2)CC1. The summed E-state index contributed by atoms with van der Waals surface area (Å²) in [6.45, 7) is 5.31. The molecule has 0 bridgehead atoms. The number of fused-ring (bicyclic) bond motifs is 1. The number of likely N-dealkylation sites (tertiary alicyclic amines) is 3. The van der Waals surface area contributed by atoms with Crippen molar-refractivity contribution >= 4 is 46.5 Å². The predicted molar refractivity (Wildman–Crippen MR) is 174 cm³/mol. The molecule has 0 unspecified atom stereocenters. The Labute approximate surface area is 264 Å². The number of nitrogens with two attached hydrogens (primary N) is 1. The molecule has 0 radical (unpaired) electrons. The van der Waals surface area contributed by atoms with Crippen LogP contribution in [-0.4, -0.2) is 94.8 Å². The third-order valence-corrected chi connectivity index (χ3v) is 10.1. The van der Waals surface area contributed by atoms with E-state index in [2.05, 4.69) is 15.5 Å². The second-order valence-electron chi connectivity index (χ2n) is 12.6. The molecule has 1 atom stereocenters. The first kappa shape index (κ1) is 30.5. The van der Waals surface area contributed by atoms with Gasteiger partial charge < -0.3 is 36.0 Å². The molecule has 4 aliphatic heterocycles. The molecule has 0 saturated carbocycles. The first-order valence-corrected chi connectivity index (χ1v) is 16.5. The number of amides is 4. The van der Waals surface area contributed by atoms with E-state index in [0.717, 1.165) is 37.2 Å². The highest BCUT2D eigenvalue weighted by Crippen LogP contribution is 2.29. The molecule has 44 heavy (non-hydrogen) atoms. The van der Waals surface area contributed by atoms with Crippen molar-refractivity contribution in [3.63, 3.8) is 0 Å². The van der Waals surface area contributed by atoms with Gasteiger partial charge in [0, 0.05) is 55.5 Å². The third-order valence-electron chi connectivity index (χ3n) is 9.82. The molecule has 4 N–H and O–H groups in total. The average Bonchev–Trinajstić information content (AvgIpc) is 3.06. The van der Waals surface area contributed by atoms with Gasteiger partial charge in [-0.15, -0.1) is 0 Å². The number of carbonyl (C=O) groups is 3. The van der Waals surface area contributed by atoms with Crippen molar-refractivity contribution in [1.29, 1.82) is 0 Å². The number of nitrogen functional groups attached to an aromatic ring is 1. The van der Waals surface area contributed by atoms with Gasteiger partial charge in [0.05, 0.1) is 17.8 Å². The molecule has 11 heteroatoms. The summed E-state index contributed by atoms with van der Waals surface area (Å²) in [4.78, 5) is 48.7. The lowest BCUT2D eigenvalue weighted by atomic mass is 9.98. The summed E-state index contributed by atoms with van der Waals surface area (Å²) in [5, 5.41) is 6.79. The minimum absolute atomic E-state index is 0.0269. The maximum atomic E-state index is 13.9. The third kappa shape index (κ3) is 6.91. The number of para-hydroxylation sites is 1. The van der Waals surface area contributed by atoms with Crippen LogP contribution >= 0.6 is 11.6 Å². The molecular formula is C33H44ClN7O3. The summed E-state index contributed by atoms with van der Waals surface area (Å²) in [6.07, 6.45) is 7.13. The quantitative estimate of drug-likeness (QED) is 0.389. The van der Waals surface area contributed by atoms with E-state index in [0.29, 0.717) is 68.0 Å². The number of hydrogen-bond acceptors (Lipinski definition) is 6. The lowest BCUT2D eigenvalue weighted by Gasteiger charge is -2.42. The van der Waals surface area contributed by atoms with Crippen LogP contribution in [0.25, 0.3) is 0 Å². The van der Waals surface area contributed by atoms with Crippen molar-refractivity contribution in [2.24, 2.45) is 0 Å². The average molecular weight is 622 g/mol. The normalized spacial score (nSPS) is 21.0. The van der Waals surface area contributed by atoms with E-state index in [1.165, 1.54) is 19.3 Å². The van der Waals surface area contributed by atoms with Crippen LogP contribution in [-0.2, 0) is 16.1 Å². The second-order valence-corrected chi connectivity index (χ2v) is 13.0. The largest absolute Gasteiger partial charge is 0.397 e.